The maximum absolute atomic E-state index is 11.4. The summed E-state index contributed by atoms with van der Waals surface area (Å²) in [6, 6.07) is 5.18. The van der Waals surface area contributed by atoms with Crippen molar-refractivity contribution in [1.82, 2.24) is 0 Å². The molecule has 2 nitrogen and oxygen atoms in total. The summed E-state index contributed by atoms with van der Waals surface area (Å²) < 4.78 is 0. The third-order valence-corrected chi connectivity index (χ3v) is 2.38. The minimum Gasteiger partial charge on any atom is -0.294 e. The molecule has 0 saturated carbocycles. The highest BCUT2D eigenvalue weighted by atomic mass is 35.5. The van der Waals surface area contributed by atoms with E-state index in [9.17, 15) is 9.59 Å². The number of hydrogen-bond acceptors (Lipinski definition) is 2. The van der Waals surface area contributed by atoms with Crippen LogP contribution in [0.5, 0.6) is 0 Å². The highest BCUT2D eigenvalue weighted by Gasteiger charge is 2.10. The second kappa shape index (κ2) is 5.61. The zero-order valence-corrected chi connectivity index (χ0v) is 10.0. The Morgan fingerprint density at radius 3 is 2.31 bits per heavy atom. The Morgan fingerprint density at radius 2 is 1.81 bits per heavy atom. The van der Waals surface area contributed by atoms with Gasteiger partial charge >= 0.3 is 0 Å². The van der Waals surface area contributed by atoms with Crippen LogP contribution in [-0.2, 0) is 0 Å². The average Bonchev–Trinajstić information content (AvgIpc) is 2.25. The lowest BCUT2D eigenvalue weighted by Crippen LogP contribution is -2.04. The van der Waals surface area contributed by atoms with Gasteiger partial charge < -0.3 is 0 Å². The summed E-state index contributed by atoms with van der Waals surface area (Å²) >= 11 is 5.53. The summed E-state index contributed by atoms with van der Waals surface area (Å²) in [6.07, 6.45) is 3.61. The fourth-order valence-electron chi connectivity index (χ4n) is 1.44. The van der Waals surface area contributed by atoms with Crippen LogP contribution in [0.25, 0.3) is 6.08 Å². The fraction of sp³-hybridized carbons (Fsp3) is 0.231. The van der Waals surface area contributed by atoms with Gasteiger partial charge in [0.05, 0.1) is 0 Å². The third-order valence-electron chi connectivity index (χ3n) is 2.20. The van der Waals surface area contributed by atoms with E-state index in [-0.39, 0.29) is 11.6 Å². The Hall–Kier alpha value is -1.41. The highest BCUT2D eigenvalue weighted by Crippen LogP contribution is 2.15. The van der Waals surface area contributed by atoms with Crippen molar-refractivity contribution in [3.8, 4) is 0 Å². The first-order chi connectivity index (χ1) is 7.56. The molecule has 1 aromatic carbocycles. The molecule has 84 valence electrons. The zero-order valence-electron chi connectivity index (χ0n) is 9.29. The normalized spacial score (nSPS) is 10.7. The van der Waals surface area contributed by atoms with Gasteiger partial charge in [0.25, 0.3) is 0 Å². The number of ketones is 2. The van der Waals surface area contributed by atoms with Crippen molar-refractivity contribution >= 4 is 29.2 Å². The SMILES string of the molecule is CC(=O)c1ccc(/C=C/CCl)cc1C(C)=O. The Morgan fingerprint density at radius 1 is 1.19 bits per heavy atom. The van der Waals surface area contributed by atoms with Gasteiger partial charge in [0.2, 0.25) is 0 Å². The monoisotopic (exact) mass is 236 g/mol. The Labute approximate surface area is 99.9 Å². The number of carbonyl (C=O) groups is 2. The minimum atomic E-state index is -0.105. The van der Waals surface area contributed by atoms with Crippen LogP contribution in [0.2, 0.25) is 0 Å². The second-order valence-electron chi connectivity index (χ2n) is 3.47. The van der Waals surface area contributed by atoms with E-state index in [1.807, 2.05) is 6.08 Å². The molecule has 0 atom stereocenters. The molecule has 0 heterocycles. The van der Waals surface area contributed by atoms with Crippen LogP contribution >= 0.6 is 11.6 Å². The topological polar surface area (TPSA) is 34.1 Å². The van der Waals surface area contributed by atoms with E-state index >= 15 is 0 Å². The van der Waals surface area contributed by atoms with Crippen molar-refractivity contribution in [2.45, 2.75) is 13.8 Å². The van der Waals surface area contributed by atoms with Crippen LogP contribution in [0.15, 0.2) is 24.3 Å². The van der Waals surface area contributed by atoms with Gasteiger partial charge in [-0.3, -0.25) is 9.59 Å². The Kier molecular flexibility index (Phi) is 4.44. The molecule has 0 aliphatic carbocycles. The van der Waals surface area contributed by atoms with E-state index in [4.69, 9.17) is 11.6 Å². The summed E-state index contributed by atoms with van der Waals surface area (Å²) in [5.74, 6) is 0.216. The van der Waals surface area contributed by atoms with E-state index in [1.54, 1.807) is 24.3 Å². The predicted octanol–water partition coefficient (Wildman–Crippen LogP) is 3.34. The molecule has 0 radical (unpaired) electrons. The third kappa shape index (κ3) is 3.04. The van der Waals surface area contributed by atoms with Crippen LogP contribution in [-0.4, -0.2) is 17.4 Å². The Bertz CT molecular complexity index is 447. The summed E-state index contributed by atoms with van der Waals surface area (Å²) in [4.78, 5) is 22.7. The maximum atomic E-state index is 11.4. The van der Waals surface area contributed by atoms with Gasteiger partial charge in [0.1, 0.15) is 0 Å². The van der Waals surface area contributed by atoms with Crippen LogP contribution in [0.3, 0.4) is 0 Å². The molecule has 0 unspecified atom stereocenters. The van der Waals surface area contributed by atoms with Gasteiger partial charge in [0.15, 0.2) is 11.6 Å². The zero-order chi connectivity index (χ0) is 12.1. The number of hydrogen-bond donors (Lipinski definition) is 0. The first-order valence-electron chi connectivity index (χ1n) is 4.94. The van der Waals surface area contributed by atoms with Crippen molar-refractivity contribution in [2.75, 3.05) is 5.88 Å². The molecule has 16 heavy (non-hydrogen) atoms. The number of Topliss-reactive ketones (excluding diaryl/α,β-unsaturated/α-hetero) is 2. The number of rotatable bonds is 4. The van der Waals surface area contributed by atoms with E-state index < -0.39 is 0 Å². The van der Waals surface area contributed by atoms with Crippen LogP contribution in [0.1, 0.15) is 40.1 Å². The molecule has 1 rings (SSSR count). The summed E-state index contributed by atoms with van der Waals surface area (Å²) in [5.41, 5.74) is 1.80. The Balaban J connectivity index is 3.22. The lowest BCUT2D eigenvalue weighted by molar-refractivity contribution is 0.0981. The smallest absolute Gasteiger partial charge is 0.160 e. The summed E-state index contributed by atoms with van der Waals surface area (Å²) in [7, 11) is 0. The number of halogens is 1. The maximum Gasteiger partial charge on any atom is 0.160 e. The molecule has 3 heteroatoms. The standard InChI is InChI=1S/C13H13ClO2/c1-9(15)12-6-5-11(4-3-7-14)8-13(12)10(2)16/h3-6,8H,7H2,1-2H3/b4-3+. The van der Waals surface area contributed by atoms with Crippen molar-refractivity contribution in [3.63, 3.8) is 0 Å². The number of allylic oxidation sites excluding steroid dienone is 1. The van der Waals surface area contributed by atoms with Crippen molar-refractivity contribution in [3.05, 3.63) is 41.0 Å². The van der Waals surface area contributed by atoms with E-state index in [2.05, 4.69) is 0 Å². The summed E-state index contributed by atoms with van der Waals surface area (Å²) in [5, 5.41) is 0. The lowest BCUT2D eigenvalue weighted by Gasteiger charge is -2.04. The molecule has 0 N–H and O–H groups in total. The number of carbonyl (C=O) groups excluding carboxylic acids is 2. The van der Waals surface area contributed by atoms with E-state index in [0.717, 1.165) is 5.56 Å². The molecule has 1 aromatic rings. The second-order valence-corrected chi connectivity index (χ2v) is 3.78. The molecule has 0 saturated heterocycles. The highest BCUT2D eigenvalue weighted by molar-refractivity contribution is 6.19. The van der Waals surface area contributed by atoms with E-state index in [1.165, 1.54) is 13.8 Å². The first kappa shape index (κ1) is 12.7. The molecule has 0 fully saturated rings. The predicted molar refractivity (Wildman–Crippen MR) is 66.2 cm³/mol. The molecule has 0 bridgehead atoms. The number of benzene rings is 1. The molecular formula is C13H13ClO2. The van der Waals surface area contributed by atoms with Gasteiger partial charge in [-0.2, -0.15) is 0 Å². The first-order valence-corrected chi connectivity index (χ1v) is 5.48. The van der Waals surface area contributed by atoms with Gasteiger partial charge in [0, 0.05) is 17.0 Å². The van der Waals surface area contributed by atoms with Gasteiger partial charge in [-0.15, -0.1) is 11.6 Å². The van der Waals surface area contributed by atoms with Crippen LogP contribution in [0.4, 0.5) is 0 Å². The van der Waals surface area contributed by atoms with Crippen LogP contribution in [0, 0.1) is 0 Å². The molecule has 0 aromatic heterocycles. The minimum absolute atomic E-state index is 0.0990. The number of alkyl halides is 1. The lowest BCUT2D eigenvalue weighted by atomic mass is 9.98. The average molecular weight is 237 g/mol. The van der Waals surface area contributed by atoms with Crippen LogP contribution < -0.4 is 0 Å². The quantitative estimate of drug-likeness (QED) is 0.594. The van der Waals surface area contributed by atoms with Gasteiger partial charge in [-0.1, -0.05) is 24.3 Å². The fourth-order valence-corrected chi connectivity index (χ4v) is 1.53. The van der Waals surface area contributed by atoms with Gasteiger partial charge in [-0.25, -0.2) is 0 Å². The molecule has 0 aliphatic heterocycles. The molecule has 0 aliphatic rings. The van der Waals surface area contributed by atoms with Crippen molar-refractivity contribution in [1.29, 1.82) is 0 Å². The van der Waals surface area contributed by atoms with Gasteiger partial charge in [-0.05, 0) is 25.5 Å². The van der Waals surface area contributed by atoms with E-state index in [0.29, 0.717) is 17.0 Å². The largest absolute Gasteiger partial charge is 0.294 e. The molecule has 0 spiro atoms. The molecule has 0 amide bonds. The molecular weight excluding hydrogens is 224 g/mol. The summed E-state index contributed by atoms with van der Waals surface area (Å²) in [6.45, 7) is 2.91. The van der Waals surface area contributed by atoms with Crippen molar-refractivity contribution < 1.29 is 9.59 Å². The van der Waals surface area contributed by atoms with Crippen molar-refractivity contribution in [2.24, 2.45) is 0 Å².